The molecule has 1 heteroatoms. The molecule has 0 amide bonds. The molecule has 0 N–H and O–H groups in total. The molecule has 0 aliphatic heterocycles. The van der Waals surface area contributed by atoms with Crippen LogP contribution in [0.1, 0.15) is 6.85 Å². The Balaban J connectivity index is 1.42. The van der Waals surface area contributed by atoms with E-state index in [1.165, 1.54) is 0 Å². The van der Waals surface area contributed by atoms with Gasteiger partial charge in [0.25, 0.3) is 0 Å². The van der Waals surface area contributed by atoms with E-state index >= 15 is 0 Å². The van der Waals surface area contributed by atoms with Gasteiger partial charge in [0.05, 0.1) is 6.85 Å². The highest BCUT2D eigenvalue weighted by atomic mass is 16.3. The van der Waals surface area contributed by atoms with Crippen LogP contribution in [-0.2, 0) is 0 Å². The molecule has 1 heterocycles. The normalized spacial score (nSPS) is 13.1. The quantitative estimate of drug-likeness (QED) is 0.190. The summed E-state index contributed by atoms with van der Waals surface area (Å²) >= 11 is 0. The van der Waals surface area contributed by atoms with Crippen LogP contribution >= 0.6 is 0 Å². The SMILES string of the molecule is [2H]c1c([2H])c([2H])c(-c2ccccc2-c2c3ccccc3c(-c3ccc4oc5ccccc5c4c3)c3ccc(-c4ccccc4)cc23)c([2H])c1[2H]. The minimum Gasteiger partial charge on any atom is -0.456 e. The summed E-state index contributed by atoms with van der Waals surface area (Å²) in [6.45, 7) is 0. The second kappa shape index (κ2) is 10.4. The van der Waals surface area contributed by atoms with Gasteiger partial charge in [0.2, 0.25) is 0 Å². The van der Waals surface area contributed by atoms with Crippen molar-refractivity contribution >= 4 is 43.5 Å². The molecule has 0 saturated heterocycles. The molecule has 1 aromatic heterocycles. The first-order chi connectivity index (χ1) is 24.4. The van der Waals surface area contributed by atoms with Crippen molar-refractivity contribution in [3.8, 4) is 44.5 Å². The van der Waals surface area contributed by atoms with Crippen molar-refractivity contribution in [3.05, 3.63) is 170 Å². The maximum Gasteiger partial charge on any atom is 0.135 e. The molecular weight excluding hydrogens is 544 g/mol. The summed E-state index contributed by atoms with van der Waals surface area (Å²) in [5, 5.41) is 6.20. The summed E-state index contributed by atoms with van der Waals surface area (Å²) in [7, 11) is 0. The Morgan fingerprint density at radius 3 is 1.78 bits per heavy atom. The Morgan fingerprint density at radius 2 is 0.956 bits per heavy atom. The fourth-order valence-corrected chi connectivity index (χ4v) is 6.78. The number of fused-ring (bicyclic) bond motifs is 5. The van der Waals surface area contributed by atoms with Gasteiger partial charge < -0.3 is 4.42 Å². The molecule has 0 aliphatic carbocycles. The van der Waals surface area contributed by atoms with Crippen molar-refractivity contribution in [2.24, 2.45) is 0 Å². The molecule has 210 valence electrons. The van der Waals surface area contributed by atoms with Gasteiger partial charge in [-0.25, -0.2) is 0 Å². The van der Waals surface area contributed by atoms with E-state index in [4.69, 9.17) is 11.3 Å². The topological polar surface area (TPSA) is 13.1 Å². The molecule has 45 heavy (non-hydrogen) atoms. The first kappa shape index (κ1) is 20.9. The van der Waals surface area contributed by atoms with Crippen molar-refractivity contribution in [3.63, 3.8) is 0 Å². The number of para-hydroxylation sites is 1. The van der Waals surface area contributed by atoms with Gasteiger partial charge in [-0.1, -0.05) is 145 Å². The first-order valence-corrected chi connectivity index (χ1v) is 15.0. The summed E-state index contributed by atoms with van der Waals surface area (Å²) in [6, 6.07) is 45.8. The zero-order valence-corrected chi connectivity index (χ0v) is 24.2. The Hall–Kier alpha value is -5.92. The smallest absolute Gasteiger partial charge is 0.135 e. The lowest BCUT2D eigenvalue weighted by atomic mass is 9.83. The Morgan fingerprint density at radius 1 is 0.356 bits per heavy atom. The molecule has 0 aliphatic rings. The average molecular weight is 578 g/mol. The molecule has 0 atom stereocenters. The maximum absolute atomic E-state index is 8.88. The molecule has 0 spiro atoms. The van der Waals surface area contributed by atoms with Crippen LogP contribution in [0.5, 0.6) is 0 Å². The van der Waals surface area contributed by atoms with Crippen LogP contribution in [0.3, 0.4) is 0 Å². The largest absolute Gasteiger partial charge is 0.456 e. The molecule has 9 rings (SSSR count). The fourth-order valence-electron chi connectivity index (χ4n) is 6.78. The van der Waals surface area contributed by atoms with Gasteiger partial charge in [0, 0.05) is 10.8 Å². The number of hydrogen-bond acceptors (Lipinski definition) is 1. The highest BCUT2D eigenvalue weighted by Gasteiger charge is 2.20. The van der Waals surface area contributed by atoms with Crippen LogP contribution in [0.25, 0.3) is 88.0 Å². The van der Waals surface area contributed by atoms with Gasteiger partial charge >= 0.3 is 0 Å². The molecule has 0 fully saturated rings. The molecule has 1 nitrogen and oxygen atoms in total. The standard InChI is InChI=1S/C44H28O/c1-3-13-29(14-4-1)31-23-25-38-40(27-31)44(35-19-8-7-17-33(35)30-15-5-2-6-16-30)37-21-10-9-20-36(37)43(38)32-24-26-42-39(28-32)34-18-11-12-22-41(34)45-42/h1-28H/i2D,5D,6D,15D,16D. The molecule has 0 saturated carbocycles. The Kier molecular flexibility index (Phi) is 4.81. The zero-order chi connectivity index (χ0) is 34.1. The lowest BCUT2D eigenvalue weighted by molar-refractivity contribution is 0.669. The van der Waals surface area contributed by atoms with E-state index < -0.39 is 6.04 Å². The summed E-state index contributed by atoms with van der Waals surface area (Å²) < 4.78 is 49.1. The van der Waals surface area contributed by atoms with Crippen LogP contribution in [0.15, 0.2) is 174 Å². The minimum atomic E-state index is -0.406. The van der Waals surface area contributed by atoms with Gasteiger partial charge in [-0.05, 0) is 90.3 Å². The molecule has 0 unspecified atom stereocenters. The number of rotatable bonds is 4. The first-order valence-electron chi connectivity index (χ1n) is 17.5. The third-order valence-electron chi connectivity index (χ3n) is 8.76. The Bertz CT molecular complexity index is 2790. The van der Waals surface area contributed by atoms with Gasteiger partial charge in [0.1, 0.15) is 11.2 Å². The van der Waals surface area contributed by atoms with Crippen molar-refractivity contribution in [2.45, 2.75) is 0 Å². The predicted molar refractivity (Wildman–Crippen MR) is 190 cm³/mol. The predicted octanol–water partition coefficient (Wildman–Crippen LogP) is 12.6. The zero-order valence-electron chi connectivity index (χ0n) is 29.2. The number of hydrogen-bond donors (Lipinski definition) is 0. The van der Waals surface area contributed by atoms with E-state index in [-0.39, 0.29) is 29.7 Å². The van der Waals surface area contributed by atoms with Crippen LogP contribution in [0.2, 0.25) is 0 Å². The van der Waals surface area contributed by atoms with E-state index in [1.54, 1.807) is 0 Å². The van der Waals surface area contributed by atoms with Crippen LogP contribution in [0, 0.1) is 0 Å². The molecule has 8 aromatic carbocycles. The van der Waals surface area contributed by atoms with Crippen LogP contribution in [-0.4, -0.2) is 0 Å². The van der Waals surface area contributed by atoms with Gasteiger partial charge in [0.15, 0.2) is 0 Å². The van der Waals surface area contributed by atoms with Crippen LogP contribution < -0.4 is 0 Å². The average Bonchev–Trinajstić information content (AvgIpc) is 3.54. The molecular formula is C44H28O. The maximum atomic E-state index is 8.88. The summed E-state index contributed by atoms with van der Waals surface area (Å²) in [4.78, 5) is 0. The second-order valence-corrected chi connectivity index (χ2v) is 11.3. The fraction of sp³-hybridized carbons (Fsp3) is 0. The molecule has 0 bridgehead atoms. The van der Waals surface area contributed by atoms with Gasteiger partial charge in [-0.3, -0.25) is 0 Å². The summed E-state index contributed by atoms with van der Waals surface area (Å²) in [5.74, 6) is 0. The lowest BCUT2D eigenvalue weighted by Crippen LogP contribution is -1.93. The van der Waals surface area contributed by atoms with E-state index in [0.29, 0.717) is 5.56 Å². The summed E-state index contributed by atoms with van der Waals surface area (Å²) in [6.07, 6.45) is 0. The van der Waals surface area contributed by atoms with E-state index in [0.717, 1.165) is 76.9 Å². The second-order valence-electron chi connectivity index (χ2n) is 11.3. The van der Waals surface area contributed by atoms with E-state index in [2.05, 4.69) is 60.7 Å². The van der Waals surface area contributed by atoms with E-state index in [1.807, 2.05) is 78.9 Å². The third kappa shape index (κ3) is 4.17. The molecule has 9 aromatic rings. The highest BCUT2D eigenvalue weighted by Crippen LogP contribution is 2.47. The minimum absolute atomic E-state index is 0.185. The van der Waals surface area contributed by atoms with Gasteiger partial charge in [-0.2, -0.15) is 0 Å². The van der Waals surface area contributed by atoms with Gasteiger partial charge in [-0.15, -0.1) is 0 Å². The third-order valence-corrected chi connectivity index (χ3v) is 8.76. The monoisotopic (exact) mass is 577 g/mol. The summed E-state index contributed by atoms with van der Waals surface area (Å²) in [5.41, 5.74) is 8.46. The number of benzene rings is 8. The van der Waals surface area contributed by atoms with Crippen molar-refractivity contribution < 1.29 is 11.3 Å². The van der Waals surface area contributed by atoms with Crippen LogP contribution in [0.4, 0.5) is 0 Å². The highest BCUT2D eigenvalue weighted by molar-refractivity contribution is 6.23. The van der Waals surface area contributed by atoms with Crippen molar-refractivity contribution in [2.75, 3.05) is 0 Å². The van der Waals surface area contributed by atoms with E-state index in [9.17, 15) is 0 Å². The number of furan rings is 1. The Labute approximate surface area is 268 Å². The van der Waals surface area contributed by atoms with Crippen molar-refractivity contribution in [1.82, 2.24) is 0 Å². The lowest BCUT2D eigenvalue weighted by Gasteiger charge is -2.20. The van der Waals surface area contributed by atoms with Crippen molar-refractivity contribution in [1.29, 1.82) is 0 Å². The molecule has 0 radical (unpaired) electrons.